The normalized spacial score (nSPS) is 15.0. The first-order chi connectivity index (χ1) is 11.1. The summed E-state index contributed by atoms with van der Waals surface area (Å²) in [6.45, 7) is 3.44. The third kappa shape index (κ3) is 2.20. The van der Waals surface area contributed by atoms with Crippen LogP contribution in [-0.2, 0) is 0 Å². The standard InChI is InChI=1S/C14H16N8O/c1-9-17-18-11-3-4-12(19-22(9)11)21-7-10(8-21)20(2)13-14(23)16-6-5-15-13/h3-6,10H,7-8H2,1-2H3,(H,16,23). The molecule has 4 rings (SSSR count). The predicted molar refractivity (Wildman–Crippen MR) is 84.8 cm³/mol. The maximum atomic E-state index is 11.8. The topological polar surface area (TPSA) is 95.3 Å². The molecule has 0 radical (unpaired) electrons. The molecule has 4 heterocycles. The number of hydrogen-bond acceptors (Lipinski definition) is 7. The van der Waals surface area contributed by atoms with Crippen LogP contribution >= 0.6 is 0 Å². The summed E-state index contributed by atoms with van der Waals surface area (Å²) in [4.78, 5) is 22.7. The first kappa shape index (κ1) is 13.7. The van der Waals surface area contributed by atoms with Crippen molar-refractivity contribution >= 4 is 17.3 Å². The average molecular weight is 312 g/mol. The molecule has 1 aliphatic heterocycles. The summed E-state index contributed by atoms with van der Waals surface area (Å²) in [6, 6.07) is 4.07. The van der Waals surface area contributed by atoms with E-state index < -0.39 is 0 Å². The maximum absolute atomic E-state index is 11.8. The Morgan fingerprint density at radius 3 is 2.91 bits per heavy atom. The fourth-order valence-corrected chi connectivity index (χ4v) is 2.71. The number of H-pyrrole nitrogens is 1. The van der Waals surface area contributed by atoms with Crippen LogP contribution in [0.1, 0.15) is 5.82 Å². The summed E-state index contributed by atoms with van der Waals surface area (Å²) in [5.41, 5.74) is 0.563. The molecule has 0 spiro atoms. The van der Waals surface area contributed by atoms with E-state index in [2.05, 4.69) is 30.2 Å². The van der Waals surface area contributed by atoms with Crippen molar-refractivity contribution in [3.8, 4) is 0 Å². The number of nitrogens with one attached hydrogen (secondary N) is 1. The third-order valence-corrected chi connectivity index (χ3v) is 4.16. The number of likely N-dealkylation sites (N-methyl/N-ethyl adjacent to an activating group) is 1. The van der Waals surface area contributed by atoms with Crippen LogP contribution < -0.4 is 15.4 Å². The van der Waals surface area contributed by atoms with Crippen LogP contribution in [0, 0.1) is 6.92 Å². The van der Waals surface area contributed by atoms with E-state index in [9.17, 15) is 4.79 Å². The van der Waals surface area contributed by atoms with E-state index in [0.717, 1.165) is 30.4 Å². The molecule has 0 bridgehead atoms. The second-order valence-corrected chi connectivity index (χ2v) is 5.62. The molecule has 3 aromatic heterocycles. The van der Waals surface area contributed by atoms with Crippen molar-refractivity contribution in [2.24, 2.45) is 0 Å². The number of fused-ring (bicyclic) bond motifs is 1. The Morgan fingerprint density at radius 2 is 2.13 bits per heavy atom. The zero-order valence-electron chi connectivity index (χ0n) is 12.8. The van der Waals surface area contributed by atoms with Crippen molar-refractivity contribution in [3.63, 3.8) is 0 Å². The van der Waals surface area contributed by atoms with Crippen LogP contribution in [0.2, 0.25) is 0 Å². The Hall–Kier alpha value is -2.97. The van der Waals surface area contributed by atoms with Gasteiger partial charge in [0.1, 0.15) is 5.82 Å². The van der Waals surface area contributed by atoms with Crippen molar-refractivity contribution in [2.75, 3.05) is 29.9 Å². The lowest BCUT2D eigenvalue weighted by atomic mass is 10.1. The highest BCUT2D eigenvalue weighted by molar-refractivity contribution is 5.50. The summed E-state index contributed by atoms with van der Waals surface area (Å²) in [6.07, 6.45) is 3.13. The van der Waals surface area contributed by atoms with E-state index in [1.807, 2.05) is 31.0 Å². The van der Waals surface area contributed by atoms with Crippen LogP contribution in [0.5, 0.6) is 0 Å². The predicted octanol–water partition coefficient (Wildman–Crippen LogP) is -0.159. The van der Waals surface area contributed by atoms with Crippen molar-refractivity contribution in [1.82, 2.24) is 29.8 Å². The van der Waals surface area contributed by atoms with Gasteiger partial charge in [0, 0.05) is 32.5 Å². The second kappa shape index (κ2) is 5.04. The zero-order valence-corrected chi connectivity index (χ0v) is 12.8. The second-order valence-electron chi connectivity index (χ2n) is 5.62. The fourth-order valence-electron chi connectivity index (χ4n) is 2.71. The van der Waals surface area contributed by atoms with E-state index in [1.165, 1.54) is 6.20 Å². The van der Waals surface area contributed by atoms with Crippen molar-refractivity contribution in [3.05, 3.63) is 40.7 Å². The molecular formula is C14H16N8O. The summed E-state index contributed by atoms with van der Waals surface area (Å²) >= 11 is 0. The Bertz CT molecular complexity index is 910. The van der Waals surface area contributed by atoms with E-state index in [1.54, 1.807) is 10.7 Å². The molecule has 0 amide bonds. The molecule has 9 nitrogen and oxygen atoms in total. The van der Waals surface area contributed by atoms with Gasteiger partial charge in [0.05, 0.1) is 6.04 Å². The third-order valence-electron chi connectivity index (χ3n) is 4.16. The number of rotatable bonds is 3. The molecule has 0 saturated carbocycles. The van der Waals surface area contributed by atoms with Crippen LogP contribution in [0.4, 0.5) is 11.6 Å². The molecule has 1 aliphatic rings. The van der Waals surface area contributed by atoms with Gasteiger partial charge in [-0.15, -0.1) is 15.3 Å². The van der Waals surface area contributed by atoms with Crippen LogP contribution in [-0.4, -0.2) is 56.0 Å². The summed E-state index contributed by atoms with van der Waals surface area (Å²) in [5, 5.41) is 12.6. The first-order valence-corrected chi connectivity index (χ1v) is 7.34. The Kier molecular flexibility index (Phi) is 3.00. The minimum atomic E-state index is -0.173. The molecule has 1 N–H and O–H groups in total. The van der Waals surface area contributed by atoms with E-state index in [4.69, 9.17) is 0 Å². The van der Waals surface area contributed by atoms with Gasteiger partial charge in [-0.1, -0.05) is 0 Å². The zero-order chi connectivity index (χ0) is 16.0. The minimum Gasteiger partial charge on any atom is -0.351 e. The molecule has 9 heteroatoms. The van der Waals surface area contributed by atoms with Crippen molar-refractivity contribution < 1.29 is 0 Å². The molecule has 0 atom stereocenters. The summed E-state index contributed by atoms with van der Waals surface area (Å²) in [5.74, 6) is 2.08. The van der Waals surface area contributed by atoms with E-state index in [0.29, 0.717) is 5.82 Å². The van der Waals surface area contributed by atoms with Gasteiger partial charge in [-0.05, 0) is 19.1 Å². The Balaban J connectivity index is 1.51. The van der Waals surface area contributed by atoms with E-state index >= 15 is 0 Å². The lowest BCUT2D eigenvalue weighted by Gasteiger charge is -2.44. The van der Waals surface area contributed by atoms with Gasteiger partial charge in [0.2, 0.25) is 0 Å². The number of nitrogens with zero attached hydrogens (tertiary/aromatic N) is 7. The van der Waals surface area contributed by atoms with Crippen LogP contribution in [0.15, 0.2) is 29.3 Å². The van der Waals surface area contributed by atoms with Gasteiger partial charge in [0.25, 0.3) is 5.56 Å². The smallest absolute Gasteiger partial charge is 0.290 e. The number of aryl methyl sites for hydroxylation is 1. The van der Waals surface area contributed by atoms with Gasteiger partial charge < -0.3 is 14.8 Å². The lowest BCUT2D eigenvalue weighted by Crippen LogP contribution is -2.60. The Morgan fingerprint density at radius 1 is 1.30 bits per heavy atom. The minimum absolute atomic E-state index is 0.173. The number of aromatic amines is 1. The molecule has 118 valence electrons. The van der Waals surface area contributed by atoms with Gasteiger partial charge in [-0.25, -0.2) is 4.98 Å². The molecule has 1 fully saturated rings. The first-order valence-electron chi connectivity index (χ1n) is 7.34. The molecular weight excluding hydrogens is 296 g/mol. The fraction of sp³-hybridized carbons (Fsp3) is 0.357. The molecule has 3 aromatic rings. The van der Waals surface area contributed by atoms with Crippen LogP contribution in [0.25, 0.3) is 5.65 Å². The lowest BCUT2D eigenvalue weighted by molar-refractivity contribution is 0.485. The molecule has 1 saturated heterocycles. The number of anilines is 2. The van der Waals surface area contributed by atoms with Crippen molar-refractivity contribution in [1.29, 1.82) is 0 Å². The largest absolute Gasteiger partial charge is 0.351 e. The summed E-state index contributed by atoms with van der Waals surface area (Å²) < 4.78 is 1.73. The molecule has 0 aromatic carbocycles. The highest BCUT2D eigenvalue weighted by Crippen LogP contribution is 2.22. The molecule has 23 heavy (non-hydrogen) atoms. The SMILES string of the molecule is Cc1nnc2ccc(N3CC(N(C)c4ncc[nH]c4=O)C3)nn12. The van der Waals surface area contributed by atoms with Gasteiger partial charge in [-0.2, -0.15) is 4.52 Å². The number of aromatic nitrogens is 6. The monoisotopic (exact) mass is 312 g/mol. The van der Waals surface area contributed by atoms with Gasteiger partial charge >= 0.3 is 0 Å². The van der Waals surface area contributed by atoms with Crippen LogP contribution in [0.3, 0.4) is 0 Å². The quantitative estimate of drug-likeness (QED) is 0.718. The van der Waals surface area contributed by atoms with E-state index in [-0.39, 0.29) is 11.6 Å². The molecule has 0 unspecified atom stereocenters. The molecule has 0 aliphatic carbocycles. The van der Waals surface area contributed by atoms with Gasteiger partial charge in [0.15, 0.2) is 17.3 Å². The Labute approximate surface area is 131 Å². The highest BCUT2D eigenvalue weighted by atomic mass is 16.1. The number of hydrogen-bond donors (Lipinski definition) is 1. The van der Waals surface area contributed by atoms with Gasteiger partial charge in [-0.3, -0.25) is 4.79 Å². The highest BCUT2D eigenvalue weighted by Gasteiger charge is 2.32. The van der Waals surface area contributed by atoms with Crippen molar-refractivity contribution in [2.45, 2.75) is 13.0 Å². The summed E-state index contributed by atoms with van der Waals surface area (Å²) in [7, 11) is 1.89. The average Bonchev–Trinajstić information content (AvgIpc) is 2.87. The maximum Gasteiger partial charge on any atom is 0.290 e.